The van der Waals surface area contributed by atoms with Crippen LogP contribution in [0.1, 0.15) is 6.92 Å². The molecule has 0 saturated carbocycles. The van der Waals surface area contributed by atoms with Gasteiger partial charge in [0.15, 0.2) is 11.3 Å². The predicted molar refractivity (Wildman–Crippen MR) is 106 cm³/mol. The van der Waals surface area contributed by atoms with Gasteiger partial charge in [-0.25, -0.2) is 13.2 Å². The number of ether oxygens (including phenoxy) is 1. The summed E-state index contributed by atoms with van der Waals surface area (Å²) in [6.45, 7) is 1.66. The molecule has 3 N–H and O–H groups in total. The first-order valence-electron chi connectivity index (χ1n) is 8.32. The van der Waals surface area contributed by atoms with Crippen LogP contribution in [0.2, 0.25) is 0 Å². The molecule has 0 spiro atoms. The van der Waals surface area contributed by atoms with Gasteiger partial charge in [0.25, 0.3) is 10.0 Å². The normalized spacial score (nSPS) is 11.3. The van der Waals surface area contributed by atoms with Gasteiger partial charge in [-0.1, -0.05) is 12.1 Å². The molecule has 0 radical (unpaired) electrons. The quantitative estimate of drug-likeness (QED) is 0.186. The number of sulfonamides is 1. The van der Waals surface area contributed by atoms with Crippen LogP contribution in [0.4, 0.5) is 17.1 Å². The summed E-state index contributed by atoms with van der Waals surface area (Å²) in [4.78, 5) is 21.3. The first kappa shape index (κ1) is 22.2. The molecule has 0 amide bonds. The number of hydrogen-bond acceptors (Lipinski definition) is 9. The Morgan fingerprint density at radius 1 is 1.30 bits per heavy atom. The number of carbonyl (C=O) groups excluding carboxylic acids is 1. The molecule has 0 bridgehead atoms. The summed E-state index contributed by atoms with van der Waals surface area (Å²) >= 11 is 0. The number of anilines is 2. The van der Waals surface area contributed by atoms with Crippen LogP contribution in [0, 0.1) is 21.4 Å². The summed E-state index contributed by atoms with van der Waals surface area (Å²) in [6, 6.07) is 10.3. The van der Waals surface area contributed by atoms with Gasteiger partial charge in [-0.2, -0.15) is 5.26 Å². The molecule has 156 valence electrons. The standard InChI is InChI=1S/C18H16N4O7S/c1-2-29-18(24)12(10-19)11-20-14-5-3-4-6-15(14)21-30(27,28)13-7-8-17(23)16(9-13)22(25)26/h3-9,11,20-21,23H,2H2,1H3/b12-11+. The Morgan fingerprint density at radius 3 is 2.57 bits per heavy atom. The lowest BCUT2D eigenvalue weighted by Crippen LogP contribution is -2.14. The van der Waals surface area contributed by atoms with Crippen LogP contribution >= 0.6 is 0 Å². The number of phenols is 1. The number of aromatic hydroxyl groups is 1. The second kappa shape index (κ2) is 9.39. The van der Waals surface area contributed by atoms with Gasteiger partial charge in [-0.3, -0.25) is 14.8 Å². The summed E-state index contributed by atoms with van der Waals surface area (Å²) in [6.07, 6.45) is 1.07. The maximum absolute atomic E-state index is 12.6. The van der Waals surface area contributed by atoms with Crippen molar-refractivity contribution in [3.63, 3.8) is 0 Å². The molecular weight excluding hydrogens is 416 g/mol. The molecule has 0 aliphatic rings. The van der Waals surface area contributed by atoms with Gasteiger partial charge in [-0.05, 0) is 31.2 Å². The first-order valence-corrected chi connectivity index (χ1v) is 9.81. The molecular formula is C18H16N4O7S. The third-order valence-corrected chi connectivity index (χ3v) is 4.98. The Hall–Kier alpha value is -4.11. The molecule has 0 aliphatic heterocycles. The van der Waals surface area contributed by atoms with E-state index in [1.165, 1.54) is 18.2 Å². The fourth-order valence-electron chi connectivity index (χ4n) is 2.21. The van der Waals surface area contributed by atoms with Crippen LogP contribution in [0.5, 0.6) is 5.75 Å². The van der Waals surface area contributed by atoms with Crippen LogP contribution in [0.15, 0.2) is 59.1 Å². The second-order valence-corrected chi connectivity index (χ2v) is 7.28. The van der Waals surface area contributed by atoms with Crippen molar-refractivity contribution in [2.45, 2.75) is 11.8 Å². The number of nitrogens with zero attached hydrogens (tertiary/aromatic N) is 2. The zero-order valence-corrected chi connectivity index (χ0v) is 16.3. The molecule has 12 heteroatoms. The molecule has 0 aromatic heterocycles. The molecule has 0 unspecified atom stereocenters. The van der Waals surface area contributed by atoms with Crippen LogP contribution in [0.25, 0.3) is 0 Å². The van der Waals surface area contributed by atoms with E-state index in [0.29, 0.717) is 0 Å². The second-order valence-electron chi connectivity index (χ2n) is 5.59. The molecule has 30 heavy (non-hydrogen) atoms. The van der Waals surface area contributed by atoms with Crippen molar-refractivity contribution in [1.82, 2.24) is 0 Å². The van der Waals surface area contributed by atoms with Crippen LogP contribution in [-0.4, -0.2) is 31.0 Å². The van der Waals surface area contributed by atoms with Crippen LogP contribution < -0.4 is 10.0 Å². The number of nitro benzene ring substituents is 1. The summed E-state index contributed by atoms with van der Waals surface area (Å²) in [5, 5.41) is 32.1. The maximum atomic E-state index is 12.6. The number of hydrogen-bond donors (Lipinski definition) is 3. The van der Waals surface area contributed by atoms with Crippen LogP contribution in [-0.2, 0) is 19.6 Å². The number of nitrogens with one attached hydrogen (secondary N) is 2. The molecule has 11 nitrogen and oxygen atoms in total. The smallest absolute Gasteiger partial charge is 0.350 e. The predicted octanol–water partition coefficient (Wildman–Crippen LogP) is 2.48. The minimum Gasteiger partial charge on any atom is -0.502 e. The number of nitriles is 1. The maximum Gasteiger partial charge on any atom is 0.350 e. The fraction of sp³-hybridized carbons (Fsp3) is 0.111. The monoisotopic (exact) mass is 432 g/mol. The Kier molecular flexibility index (Phi) is 6.94. The van der Waals surface area contributed by atoms with Gasteiger partial charge < -0.3 is 15.2 Å². The van der Waals surface area contributed by atoms with E-state index in [4.69, 9.17) is 10.00 Å². The average Bonchev–Trinajstić information content (AvgIpc) is 2.69. The Balaban J connectivity index is 2.34. The Morgan fingerprint density at radius 2 is 1.97 bits per heavy atom. The van der Waals surface area contributed by atoms with Crippen molar-refractivity contribution in [1.29, 1.82) is 5.26 Å². The summed E-state index contributed by atoms with van der Waals surface area (Å²) in [7, 11) is -4.26. The molecule has 0 atom stereocenters. The molecule has 2 aromatic rings. The van der Waals surface area contributed by atoms with Crippen molar-refractivity contribution < 1.29 is 28.0 Å². The molecule has 0 fully saturated rings. The lowest BCUT2D eigenvalue weighted by molar-refractivity contribution is -0.386. The van der Waals surface area contributed by atoms with Gasteiger partial charge in [0.1, 0.15) is 6.07 Å². The van der Waals surface area contributed by atoms with E-state index >= 15 is 0 Å². The van der Waals surface area contributed by atoms with E-state index in [9.17, 15) is 28.4 Å². The van der Waals surface area contributed by atoms with Crippen LogP contribution in [0.3, 0.4) is 0 Å². The first-order chi connectivity index (χ1) is 14.2. The van der Waals surface area contributed by atoms with Crippen molar-refractivity contribution in [2.75, 3.05) is 16.6 Å². The highest BCUT2D eigenvalue weighted by Gasteiger charge is 2.22. The van der Waals surface area contributed by atoms with Crippen molar-refractivity contribution in [3.05, 3.63) is 64.4 Å². The topological polar surface area (TPSA) is 172 Å². The molecule has 2 rings (SSSR count). The number of nitro groups is 1. The minimum absolute atomic E-state index is 0.0469. The molecule has 2 aromatic carbocycles. The van der Waals surface area contributed by atoms with Crippen molar-refractivity contribution >= 4 is 33.1 Å². The van der Waals surface area contributed by atoms with E-state index in [0.717, 1.165) is 24.4 Å². The SMILES string of the molecule is CCOC(=O)/C(C#N)=C/Nc1ccccc1NS(=O)(=O)c1ccc(O)c([N+](=O)[O-])c1. The molecule has 0 aliphatic carbocycles. The summed E-state index contributed by atoms with van der Waals surface area (Å²) < 4.78 is 32.3. The largest absolute Gasteiger partial charge is 0.502 e. The number of esters is 1. The highest BCUT2D eigenvalue weighted by atomic mass is 32.2. The van der Waals surface area contributed by atoms with Crippen molar-refractivity contribution in [3.8, 4) is 11.8 Å². The molecule has 0 saturated heterocycles. The van der Waals surface area contributed by atoms with Gasteiger partial charge >= 0.3 is 11.7 Å². The van der Waals surface area contributed by atoms with Gasteiger partial charge in [0.05, 0.1) is 27.8 Å². The van der Waals surface area contributed by atoms with E-state index in [2.05, 4.69) is 10.0 Å². The van der Waals surface area contributed by atoms with Gasteiger partial charge in [-0.15, -0.1) is 0 Å². The highest BCUT2D eigenvalue weighted by molar-refractivity contribution is 7.92. The van der Waals surface area contributed by atoms with Gasteiger partial charge in [0.2, 0.25) is 0 Å². The Bertz CT molecular complexity index is 1150. The number of carbonyl (C=O) groups is 1. The average molecular weight is 432 g/mol. The summed E-state index contributed by atoms with van der Waals surface area (Å²) in [5.41, 5.74) is -0.846. The lowest BCUT2D eigenvalue weighted by Gasteiger charge is -2.13. The third kappa shape index (κ3) is 5.24. The van der Waals surface area contributed by atoms with E-state index in [-0.39, 0.29) is 23.6 Å². The fourth-order valence-corrected chi connectivity index (χ4v) is 3.31. The third-order valence-electron chi connectivity index (χ3n) is 3.61. The van der Waals surface area contributed by atoms with E-state index in [1.807, 2.05) is 0 Å². The number of rotatable bonds is 8. The van der Waals surface area contributed by atoms with E-state index < -0.39 is 37.2 Å². The number of phenolic OH excluding ortho intramolecular Hbond substituents is 1. The minimum atomic E-state index is -4.26. The lowest BCUT2D eigenvalue weighted by atomic mass is 10.2. The zero-order valence-electron chi connectivity index (χ0n) is 15.5. The number of para-hydroxylation sites is 2. The molecule has 0 heterocycles. The zero-order chi connectivity index (χ0) is 22.3. The Labute approximate surface area is 171 Å². The highest BCUT2D eigenvalue weighted by Crippen LogP contribution is 2.30. The van der Waals surface area contributed by atoms with Crippen molar-refractivity contribution in [2.24, 2.45) is 0 Å². The summed E-state index contributed by atoms with van der Waals surface area (Å²) in [5.74, 6) is -1.52. The number of benzene rings is 2. The van der Waals surface area contributed by atoms with E-state index in [1.54, 1.807) is 19.1 Å². The van der Waals surface area contributed by atoms with Gasteiger partial charge in [0, 0.05) is 12.3 Å².